The topological polar surface area (TPSA) is 75.9 Å². The average Bonchev–Trinajstić information content (AvgIpc) is 2.71. The Balaban J connectivity index is 1.75. The summed E-state index contributed by atoms with van der Waals surface area (Å²) >= 11 is 1.29. The number of hydrogen-bond acceptors (Lipinski definition) is 6. The van der Waals surface area contributed by atoms with Crippen molar-refractivity contribution in [3.05, 3.63) is 58.1 Å². The fourth-order valence-electron chi connectivity index (χ4n) is 3.35. The minimum Gasteiger partial charge on any atom is -0.485 e. The smallest absolute Gasteiger partial charge is 0.283 e. The van der Waals surface area contributed by atoms with Crippen LogP contribution in [0.2, 0.25) is 0 Å². The van der Waals surface area contributed by atoms with Crippen LogP contribution in [0.15, 0.2) is 47.4 Å². The number of carbonyl (C=O) groups is 1. The number of nitrogens with zero attached hydrogens (tertiary/aromatic N) is 3. The molecule has 0 spiro atoms. The number of para-hydroxylation sites is 2. The highest BCUT2D eigenvalue weighted by Gasteiger charge is 2.27. The molecule has 0 bridgehead atoms. The number of likely N-dealkylation sites (N-methyl/N-ethyl adjacent to an activating group) is 2. The van der Waals surface area contributed by atoms with Crippen molar-refractivity contribution in [3.63, 3.8) is 0 Å². The molecule has 0 aromatic heterocycles. The second kappa shape index (κ2) is 8.52. The highest BCUT2D eigenvalue weighted by Crippen LogP contribution is 2.33. The Hall–Kier alpha value is -2.74. The van der Waals surface area contributed by atoms with Gasteiger partial charge in [-0.25, -0.2) is 0 Å². The van der Waals surface area contributed by atoms with E-state index in [-0.39, 0.29) is 17.7 Å². The van der Waals surface area contributed by atoms with Gasteiger partial charge in [0, 0.05) is 25.2 Å². The minimum atomic E-state index is -0.455. The van der Waals surface area contributed by atoms with Crippen LogP contribution < -0.4 is 9.64 Å². The summed E-state index contributed by atoms with van der Waals surface area (Å²) in [6, 6.07) is 12.5. The fourth-order valence-corrected chi connectivity index (χ4v) is 3.89. The Bertz CT molecular complexity index is 890. The lowest BCUT2D eigenvalue weighted by atomic mass is 10.1. The van der Waals surface area contributed by atoms with Crippen molar-refractivity contribution in [1.29, 1.82) is 0 Å². The first kappa shape index (κ1) is 20.0. The monoisotopic (exact) mass is 401 g/mol. The normalized spacial score (nSPS) is 15.5. The van der Waals surface area contributed by atoms with E-state index in [1.807, 2.05) is 24.3 Å². The van der Waals surface area contributed by atoms with Crippen molar-refractivity contribution in [2.45, 2.75) is 17.9 Å². The summed E-state index contributed by atoms with van der Waals surface area (Å²) in [5.41, 5.74) is 1.31. The summed E-state index contributed by atoms with van der Waals surface area (Å²) in [6.07, 6.45) is 1.59. The van der Waals surface area contributed by atoms with E-state index in [2.05, 4.69) is 11.8 Å². The molecule has 0 aliphatic carbocycles. The number of nitro benzene ring substituents is 1. The highest BCUT2D eigenvalue weighted by molar-refractivity contribution is 7.98. The average molecular weight is 401 g/mol. The molecule has 1 heterocycles. The Morgan fingerprint density at radius 1 is 1.36 bits per heavy atom. The Morgan fingerprint density at radius 2 is 2.11 bits per heavy atom. The lowest BCUT2D eigenvalue weighted by molar-refractivity contribution is -0.387. The number of rotatable bonds is 6. The summed E-state index contributed by atoms with van der Waals surface area (Å²) in [7, 11) is 1.69. The molecule has 8 heteroatoms. The first-order valence-electron chi connectivity index (χ1n) is 9.03. The van der Waals surface area contributed by atoms with E-state index in [1.54, 1.807) is 30.3 Å². The summed E-state index contributed by atoms with van der Waals surface area (Å²) in [5, 5.41) is 11.3. The van der Waals surface area contributed by atoms with Gasteiger partial charge in [0.25, 0.3) is 11.6 Å². The van der Waals surface area contributed by atoms with Gasteiger partial charge < -0.3 is 14.5 Å². The van der Waals surface area contributed by atoms with Crippen molar-refractivity contribution in [2.24, 2.45) is 0 Å². The van der Waals surface area contributed by atoms with Crippen LogP contribution in [-0.2, 0) is 0 Å². The molecule has 1 aliphatic heterocycles. The van der Waals surface area contributed by atoms with E-state index in [4.69, 9.17) is 4.74 Å². The lowest BCUT2D eigenvalue weighted by Gasteiger charge is -2.37. The van der Waals surface area contributed by atoms with Gasteiger partial charge in [0.05, 0.1) is 28.6 Å². The zero-order chi connectivity index (χ0) is 20.3. The number of thioether (sulfide) groups is 1. The maximum absolute atomic E-state index is 12.8. The second-order valence-corrected chi connectivity index (χ2v) is 7.42. The van der Waals surface area contributed by atoms with Crippen molar-refractivity contribution >= 4 is 29.0 Å². The van der Waals surface area contributed by atoms with Gasteiger partial charge in [-0.05, 0) is 37.4 Å². The molecular weight excluding hydrogens is 378 g/mol. The molecule has 28 heavy (non-hydrogen) atoms. The van der Waals surface area contributed by atoms with Crippen LogP contribution in [0.4, 0.5) is 11.4 Å². The van der Waals surface area contributed by atoms with Gasteiger partial charge in [-0.3, -0.25) is 14.9 Å². The van der Waals surface area contributed by atoms with E-state index in [0.29, 0.717) is 23.5 Å². The first-order valence-corrected chi connectivity index (χ1v) is 10.3. The molecular formula is C20H23N3O4S. The van der Waals surface area contributed by atoms with Crippen LogP contribution in [0.1, 0.15) is 17.3 Å². The maximum atomic E-state index is 12.8. The summed E-state index contributed by atoms with van der Waals surface area (Å²) < 4.78 is 6.07. The van der Waals surface area contributed by atoms with Gasteiger partial charge in [-0.15, -0.1) is 11.8 Å². The zero-order valence-corrected chi connectivity index (χ0v) is 16.9. The number of hydrogen-bond donors (Lipinski definition) is 0. The van der Waals surface area contributed by atoms with Crippen LogP contribution in [0.5, 0.6) is 5.75 Å². The van der Waals surface area contributed by atoms with Crippen LogP contribution in [0, 0.1) is 10.1 Å². The molecule has 3 rings (SSSR count). The fraction of sp³-hybridized carbons (Fsp3) is 0.350. The number of amides is 1. The van der Waals surface area contributed by atoms with Gasteiger partial charge in [0.15, 0.2) is 0 Å². The molecule has 1 aliphatic rings. The van der Waals surface area contributed by atoms with Gasteiger partial charge in [-0.2, -0.15) is 0 Å². The largest absolute Gasteiger partial charge is 0.485 e. The van der Waals surface area contributed by atoms with Gasteiger partial charge >= 0.3 is 0 Å². The number of carbonyl (C=O) groups excluding carboxylic acids is 1. The molecule has 0 unspecified atom stereocenters. The third-order valence-electron chi connectivity index (χ3n) is 4.75. The van der Waals surface area contributed by atoms with E-state index in [1.165, 1.54) is 17.8 Å². The van der Waals surface area contributed by atoms with Crippen molar-refractivity contribution in [1.82, 2.24) is 4.90 Å². The third-order valence-corrected chi connectivity index (χ3v) is 5.54. The van der Waals surface area contributed by atoms with Crippen LogP contribution in [0.3, 0.4) is 0 Å². The Labute approximate surface area is 168 Å². The number of fused-ring (bicyclic) bond motifs is 1. The molecule has 0 radical (unpaired) electrons. The van der Waals surface area contributed by atoms with Crippen LogP contribution in [-0.4, -0.2) is 54.8 Å². The Morgan fingerprint density at radius 3 is 2.79 bits per heavy atom. The number of anilines is 1. The van der Waals surface area contributed by atoms with Crippen molar-refractivity contribution in [2.75, 3.05) is 37.8 Å². The molecule has 2 aromatic rings. The van der Waals surface area contributed by atoms with E-state index in [9.17, 15) is 14.9 Å². The molecule has 0 saturated heterocycles. The molecule has 7 nitrogen and oxygen atoms in total. The molecule has 0 saturated carbocycles. The highest BCUT2D eigenvalue weighted by atomic mass is 32.2. The molecule has 1 amide bonds. The van der Waals surface area contributed by atoms with Gasteiger partial charge in [-0.1, -0.05) is 12.1 Å². The summed E-state index contributed by atoms with van der Waals surface area (Å²) in [5.74, 6) is 0.544. The first-order chi connectivity index (χ1) is 13.4. The van der Waals surface area contributed by atoms with Crippen LogP contribution >= 0.6 is 11.8 Å². The zero-order valence-electron chi connectivity index (χ0n) is 16.1. The van der Waals surface area contributed by atoms with Gasteiger partial charge in [0.1, 0.15) is 11.9 Å². The van der Waals surface area contributed by atoms with E-state index in [0.717, 1.165) is 18.0 Å². The van der Waals surface area contributed by atoms with Gasteiger partial charge in [0.2, 0.25) is 0 Å². The third kappa shape index (κ3) is 4.06. The van der Waals surface area contributed by atoms with Crippen molar-refractivity contribution in [3.8, 4) is 5.75 Å². The second-order valence-electron chi connectivity index (χ2n) is 6.58. The number of benzene rings is 2. The molecule has 0 fully saturated rings. The quantitative estimate of drug-likeness (QED) is 0.418. The van der Waals surface area contributed by atoms with E-state index >= 15 is 0 Å². The Kier molecular flexibility index (Phi) is 6.08. The molecule has 2 aromatic carbocycles. The molecule has 148 valence electrons. The number of nitro groups is 1. The lowest BCUT2D eigenvalue weighted by Crippen LogP contribution is -2.46. The summed E-state index contributed by atoms with van der Waals surface area (Å²) in [4.78, 5) is 28.0. The predicted molar refractivity (Wildman–Crippen MR) is 111 cm³/mol. The molecule has 0 N–H and O–H groups in total. The minimum absolute atomic E-state index is 0.0493. The van der Waals surface area contributed by atoms with Crippen LogP contribution in [0.25, 0.3) is 0 Å². The number of ether oxygens (including phenoxy) is 1. The predicted octanol–water partition coefficient (Wildman–Crippen LogP) is 3.68. The van der Waals surface area contributed by atoms with E-state index < -0.39 is 4.92 Å². The standard InChI is InChI=1S/C20H23N3O4S/c1-4-22-13-15(27-18-8-6-5-7-16(18)22)12-21(2)20(24)14-9-10-19(28-3)17(11-14)23(25)26/h5-11,15H,4,12-13H2,1-3H3/t15-/m0/s1. The molecule has 1 atom stereocenters. The van der Waals surface area contributed by atoms with Crippen molar-refractivity contribution < 1.29 is 14.5 Å². The maximum Gasteiger partial charge on any atom is 0.283 e. The summed E-state index contributed by atoms with van der Waals surface area (Å²) in [6.45, 7) is 4.00. The SMILES string of the molecule is CCN1C[C@H](CN(C)C(=O)c2ccc(SC)c([N+](=O)[O-])c2)Oc2ccccc21.